The van der Waals surface area contributed by atoms with Gasteiger partial charge >= 0.3 is 7.12 Å². The minimum atomic E-state index is -0.287. The van der Waals surface area contributed by atoms with Crippen molar-refractivity contribution >= 4 is 12.6 Å². The van der Waals surface area contributed by atoms with E-state index in [1.807, 2.05) is 0 Å². The Labute approximate surface area is 121 Å². The van der Waals surface area contributed by atoms with Gasteiger partial charge in [0.25, 0.3) is 0 Å². The maximum absolute atomic E-state index is 6.06. The molecule has 1 atom stereocenters. The largest absolute Gasteiger partial charge is 0.494 e. The molecule has 4 heteroatoms. The molecule has 0 aromatic heterocycles. The lowest BCUT2D eigenvalue weighted by Gasteiger charge is -2.32. The fourth-order valence-electron chi connectivity index (χ4n) is 2.69. The van der Waals surface area contributed by atoms with Crippen LogP contribution in [0.3, 0.4) is 0 Å². The van der Waals surface area contributed by atoms with Crippen molar-refractivity contribution in [3.63, 3.8) is 0 Å². The number of benzene rings is 1. The summed E-state index contributed by atoms with van der Waals surface area (Å²) in [6.45, 7) is 9.19. The maximum atomic E-state index is 6.06. The van der Waals surface area contributed by atoms with Crippen molar-refractivity contribution < 1.29 is 14.0 Å². The first kappa shape index (κ1) is 14.1. The number of hydrogen-bond acceptors (Lipinski definition) is 3. The molecule has 2 aliphatic rings. The van der Waals surface area contributed by atoms with Crippen LogP contribution in [-0.2, 0) is 14.0 Å². The Morgan fingerprint density at radius 3 is 2.10 bits per heavy atom. The first-order valence-corrected chi connectivity index (χ1v) is 7.46. The highest BCUT2D eigenvalue weighted by Crippen LogP contribution is 2.36. The Bertz CT molecular complexity index is 459. The Balaban J connectivity index is 1.75. The molecule has 0 aliphatic carbocycles. The molecule has 0 spiro atoms. The summed E-state index contributed by atoms with van der Waals surface area (Å²) in [4.78, 5) is 0. The third-order valence-electron chi connectivity index (χ3n) is 4.76. The summed E-state index contributed by atoms with van der Waals surface area (Å²) in [6.07, 6.45) is 2.54. The van der Waals surface area contributed by atoms with Gasteiger partial charge in [-0.05, 0) is 51.6 Å². The Morgan fingerprint density at radius 2 is 1.60 bits per heavy atom. The summed E-state index contributed by atoms with van der Waals surface area (Å²) in [5, 5.41) is 0. The topological polar surface area (TPSA) is 27.7 Å². The van der Waals surface area contributed by atoms with Crippen LogP contribution in [0.1, 0.15) is 52.2 Å². The minimum Gasteiger partial charge on any atom is -0.399 e. The first-order chi connectivity index (χ1) is 9.39. The van der Waals surface area contributed by atoms with Gasteiger partial charge in [0.05, 0.1) is 17.3 Å². The van der Waals surface area contributed by atoms with Crippen LogP contribution >= 0.6 is 0 Å². The van der Waals surface area contributed by atoms with Crippen molar-refractivity contribution in [2.75, 3.05) is 6.61 Å². The van der Waals surface area contributed by atoms with Crippen molar-refractivity contribution in [3.8, 4) is 0 Å². The highest BCUT2D eigenvalue weighted by atomic mass is 16.7. The van der Waals surface area contributed by atoms with Crippen molar-refractivity contribution in [3.05, 3.63) is 29.8 Å². The summed E-state index contributed by atoms with van der Waals surface area (Å²) in [5.74, 6) is 0. The fraction of sp³-hybridized carbons (Fsp3) is 0.625. The van der Waals surface area contributed by atoms with Crippen molar-refractivity contribution in [2.24, 2.45) is 0 Å². The summed E-state index contributed by atoms with van der Waals surface area (Å²) in [6, 6.07) is 8.46. The van der Waals surface area contributed by atoms with Gasteiger partial charge in [-0.2, -0.15) is 0 Å². The van der Waals surface area contributed by atoms with Gasteiger partial charge < -0.3 is 14.0 Å². The second kappa shape index (κ2) is 4.87. The van der Waals surface area contributed by atoms with Gasteiger partial charge in [0.15, 0.2) is 0 Å². The van der Waals surface area contributed by atoms with Crippen LogP contribution < -0.4 is 5.46 Å². The van der Waals surface area contributed by atoms with E-state index in [4.69, 9.17) is 14.0 Å². The molecule has 2 saturated heterocycles. The van der Waals surface area contributed by atoms with E-state index < -0.39 is 0 Å². The van der Waals surface area contributed by atoms with E-state index in [2.05, 4.69) is 52.0 Å². The van der Waals surface area contributed by atoms with E-state index in [0.29, 0.717) is 0 Å². The van der Waals surface area contributed by atoms with Crippen molar-refractivity contribution in [1.29, 1.82) is 0 Å². The lowest BCUT2D eigenvalue weighted by Crippen LogP contribution is -2.41. The van der Waals surface area contributed by atoms with Gasteiger partial charge in [-0.25, -0.2) is 0 Å². The normalized spacial score (nSPS) is 28.0. The quantitative estimate of drug-likeness (QED) is 0.776. The smallest absolute Gasteiger partial charge is 0.399 e. The monoisotopic (exact) mass is 274 g/mol. The first-order valence-electron chi connectivity index (χ1n) is 7.46. The van der Waals surface area contributed by atoms with Gasteiger partial charge in [-0.1, -0.05) is 24.3 Å². The Hall–Kier alpha value is -0.835. The molecule has 0 amide bonds. The molecule has 3 rings (SSSR count). The SMILES string of the molecule is CC1(C)OB(c2ccc([C@@H]3CCCO3)cc2)OC1(C)C. The molecule has 0 radical (unpaired) electrons. The number of ether oxygens (including phenoxy) is 1. The predicted molar refractivity (Wildman–Crippen MR) is 80.1 cm³/mol. The molecule has 20 heavy (non-hydrogen) atoms. The van der Waals surface area contributed by atoms with Crippen LogP contribution in [0.4, 0.5) is 0 Å². The zero-order valence-corrected chi connectivity index (χ0v) is 12.8. The van der Waals surface area contributed by atoms with Gasteiger partial charge in [-0.3, -0.25) is 0 Å². The second-order valence-corrected chi connectivity index (χ2v) is 6.76. The van der Waals surface area contributed by atoms with E-state index in [1.54, 1.807) is 0 Å². The summed E-state index contributed by atoms with van der Waals surface area (Å²) in [7, 11) is -0.279. The molecule has 2 heterocycles. The van der Waals surface area contributed by atoms with Crippen LogP contribution in [0.2, 0.25) is 0 Å². The fourth-order valence-corrected chi connectivity index (χ4v) is 2.69. The van der Waals surface area contributed by atoms with E-state index in [-0.39, 0.29) is 24.4 Å². The molecule has 0 bridgehead atoms. The third kappa shape index (κ3) is 2.41. The molecule has 108 valence electrons. The Kier molecular flexibility index (Phi) is 3.43. The van der Waals surface area contributed by atoms with E-state index in [0.717, 1.165) is 24.9 Å². The van der Waals surface area contributed by atoms with Crippen LogP contribution in [0, 0.1) is 0 Å². The molecular formula is C16H23BO3. The molecule has 3 nitrogen and oxygen atoms in total. The summed E-state index contributed by atoms with van der Waals surface area (Å²) in [5.41, 5.74) is 1.75. The highest BCUT2D eigenvalue weighted by Gasteiger charge is 2.51. The summed E-state index contributed by atoms with van der Waals surface area (Å²) < 4.78 is 17.8. The van der Waals surface area contributed by atoms with Crippen molar-refractivity contribution in [1.82, 2.24) is 0 Å². The Morgan fingerprint density at radius 1 is 1.00 bits per heavy atom. The summed E-state index contributed by atoms with van der Waals surface area (Å²) >= 11 is 0. The zero-order chi connectivity index (χ0) is 14.4. The number of rotatable bonds is 2. The van der Waals surface area contributed by atoms with Crippen LogP contribution in [-0.4, -0.2) is 24.9 Å². The number of hydrogen-bond donors (Lipinski definition) is 0. The van der Waals surface area contributed by atoms with Crippen LogP contribution in [0.25, 0.3) is 0 Å². The zero-order valence-electron chi connectivity index (χ0n) is 12.8. The third-order valence-corrected chi connectivity index (χ3v) is 4.76. The molecule has 0 saturated carbocycles. The van der Waals surface area contributed by atoms with E-state index >= 15 is 0 Å². The lowest BCUT2D eigenvalue weighted by molar-refractivity contribution is 0.00578. The highest BCUT2D eigenvalue weighted by molar-refractivity contribution is 6.62. The minimum absolute atomic E-state index is 0.266. The van der Waals surface area contributed by atoms with Gasteiger partial charge in [-0.15, -0.1) is 0 Å². The molecule has 1 aromatic rings. The average Bonchev–Trinajstić information content (AvgIpc) is 2.97. The van der Waals surface area contributed by atoms with E-state index in [9.17, 15) is 0 Å². The lowest BCUT2D eigenvalue weighted by atomic mass is 9.78. The maximum Gasteiger partial charge on any atom is 0.494 e. The average molecular weight is 274 g/mol. The molecule has 2 aliphatic heterocycles. The molecule has 0 unspecified atom stereocenters. The van der Waals surface area contributed by atoms with E-state index in [1.165, 1.54) is 5.56 Å². The standard InChI is InChI=1S/C16H23BO3/c1-15(2)16(3,4)20-17(19-15)13-9-7-12(8-10-13)14-6-5-11-18-14/h7-10,14H,5-6,11H2,1-4H3/t14-/m0/s1. The predicted octanol–water partition coefficient (Wildman–Crippen LogP) is 2.84. The molecule has 2 fully saturated rings. The van der Waals surface area contributed by atoms with Crippen LogP contribution in [0.5, 0.6) is 0 Å². The molecular weight excluding hydrogens is 251 g/mol. The molecule has 1 aromatic carbocycles. The van der Waals surface area contributed by atoms with Gasteiger partial charge in [0, 0.05) is 6.61 Å². The molecule has 0 N–H and O–H groups in total. The van der Waals surface area contributed by atoms with Crippen molar-refractivity contribution in [2.45, 2.75) is 57.8 Å². The van der Waals surface area contributed by atoms with Gasteiger partial charge in [0.2, 0.25) is 0 Å². The van der Waals surface area contributed by atoms with Gasteiger partial charge in [0.1, 0.15) is 0 Å². The second-order valence-electron chi connectivity index (χ2n) is 6.76. The van der Waals surface area contributed by atoms with Crippen LogP contribution in [0.15, 0.2) is 24.3 Å².